The van der Waals surface area contributed by atoms with E-state index in [4.69, 9.17) is 0 Å². The second-order valence-corrected chi connectivity index (χ2v) is 6.11. The highest BCUT2D eigenvalue weighted by atomic mass is 16.2. The zero-order valence-electron chi connectivity index (χ0n) is 11.1. The molecule has 15 heavy (non-hydrogen) atoms. The van der Waals surface area contributed by atoms with Gasteiger partial charge >= 0.3 is 0 Å². The smallest absolute Gasteiger partial charge is 0.242 e. The Morgan fingerprint density at radius 3 is 2.20 bits per heavy atom. The Hall–Kier alpha value is -0.570. The van der Waals surface area contributed by atoms with Crippen LogP contribution in [0.25, 0.3) is 0 Å². The van der Waals surface area contributed by atoms with Gasteiger partial charge in [-0.05, 0) is 41.5 Å². The van der Waals surface area contributed by atoms with E-state index < -0.39 is 0 Å². The van der Waals surface area contributed by atoms with Crippen LogP contribution in [0.1, 0.15) is 41.5 Å². The predicted octanol–water partition coefficient (Wildman–Crippen LogP) is 1.73. The topological polar surface area (TPSA) is 23.6 Å². The van der Waals surface area contributed by atoms with Crippen LogP contribution >= 0.6 is 0 Å². The van der Waals surface area contributed by atoms with E-state index >= 15 is 0 Å². The van der Waals surface area contributed by atoms with Crippen LogP contribution < -0.4 is 0 Å². The van der Waals surface area contributed by atoms with E-state index in [0.29, 0.717) is 6.04 Å². The maximum atomic E-state index is 12.2. The summed E-state index contributed by atoms with van der Waals surface area (Å²) in [5.74, 6) is 0.219. The molecule has 1 aliphatic rings. The molecular weight excluding hydrogens is 188 g/mol. The number of hydrogen-bond acceptors (Lipinski definition) is 2. The van der Waals surface area contributed by atoms with E-state index in [1.165, 1.54) is 0 Å². The minimum Gasteiger partial charge on any atom is -0.340 e. The van der Waals surface area contributed by atoms with Gasteiger partial charge in [-0.25, -0.2) is 0 Å². The van der Waals surface area contributed by atoms with E-state index in [2.05, 4.69) is 32.6 Å². The van der Waals surface area contributed by atoms with Crippen molar-refractivity contribution in [3.8, 4) is 0 Å². The molecule has 0 bridgehead atoms. The van der Waals surface area contributed by atoms with Crippen LogP contribution in [0.5, 0.6) is 0 Å². The molecule has 1 fully saturated rings. The number of carbonyl (C=O) groups is 1. The van der Waals surface area contributed by atoms with E-state index in [-0.39, 0.29) is 17.0 Å². The van der Waals surface area contributed by atoms with Crippen molar-refractivity contribution < 1.29 is 4.79 Å². The molecule has 1 amide bonds. The Balaban J connectivity index is 3.05. The molecule has 1 saturated heterocycles. The summed E-state index contributed by atoms with van der Waals surface area (Å²) in [7, 11) is 1.90. The summed E-state index contributed by atoms with van der Waals surface area (Å²) in [4.78, 5) is 16.4. The SMILES string of the molecule is CC1CN(C(C)(C)C)C(C)(C)C(=O)N1C. The van der Waals surface area contributed by atoms with Crippen molar-refractivity contribution in [1.29, 1.82) is 0 Å². The Bertz CT molecular complexity index is 265. The minimum atomic E-state index is -0.389. The summed E-state index contributed by atoms with van der Waals surface area (Å²) in [6.07, 6.45) is 0. The third-order valence-electron chi connectivity index (χ3n) is 3.44. The van der Waals surface area contributed by atoms with Crippen molar-refractivity contribution in [2.24, 2.45) is 0 Å². The lowest BCUT2D eigenvalue weighted by atomic mass is 9.89. The van der Waals surface area contributed by atoms with Crippen LogP contribution in [0.3, 0.4) is 0 Å². The molecule has 0 aromatic heterocycles. The Labute approximate surface area is 93.4 Å². The fourth-order valence-electron chi connectivity index (χ4n) is 2.47. The normalized spacial score (nSPS) is 28.3. The highest BCUT2D eigenvalue weighted by molar-refractivity contribution is 5.86. The fourth-order valence-corrected chi connectivity index (χ4v) is 2.47. The minimum absolute atomic E-state index is 0.0364. The molecule has 0 spiro atoms. The number of amides is 1. The highest BCUT2D eigenvalue weighted by Gasteiger charge is 2.47. The zero-order valence-corrected chi connectivity index (χ0v) is 11.1. The molecule has 0 aliphatic carbocycles. The van der Waals surface area contributed by atoms with Crippen LogP contribution in [-0.2, 0) is 4.79 Å². The quantitative estimate of drug-likeness (QED) is 0.610. The van der Waals surface area contributed by atoms with Crippen molar-refractivity contribution in [2.75, 3.05) is 13.6 Å². The number of carbonyl (C=O) groups excluding carboxylic acids is 1. The van der Waals surface area contributed by atoms with Gasteiger partial charge in [0.2, 0.25) is 5.91 Å². The summed E-state index contributed by atoms with van der Waals surface area (Å²) in [5, 5.41) is 0. The average molecular weight is 212 g/mol. The van der Waals surface area contributed by atoms with Gasteiger partial charge in [0.05, 0.1) is 5.54 Å². The van der Waals surface area contributed by atoms with Gasteiger partial charge < -0.3 is 4.90 Å². The first kappa shape index (κ1) is 12.5. The molecule has 0 aromatic carbocycles. The van der Waals surface area contributed by atoms with Gasteiger partial charge in [-0.1, -0.05) is 0 Å². The molecule has 3 nitrogen and oxygen atoms in total. The van der Waals surface area contributed by atoms with Crippen molar-refractivity contribution in [3.63, 3.8) is 0 Å². The maximum Gasteiger partial charge on any atom is 0.242 e. The van der Waals surface area contributed by atoms with Gasteiger partial charge in [-0.3, -0.25) is 9.69 Å². The lowest BCUT2D eigenvalue weighted by Crippen LogP contribution is -2.69. The Kier molecular flexibility index (Phi) is 2.90. The fraction of sp³-hybridized carbons (Fsp3) is 0.917. The summed E-state index contributed by atoms with van der Waals surface area (Å²) in [5.41, 5.74) is -0.353. The first-order valence-corrected chi connectivity index (χ1v) is 5.63. The van der Waals surface area contributed by atoms with Crippen LogP contribution in [0, 0.1) is 0 Å². The number of piperazine rings is 1. The first-order chi connectivity index (χ1) is 6.58. The lowest BCUT2D eigenvalue weighted by molar-refractivity contribution is -0.157. The Morgan fingerprint density at radius 2 is 1.80 bits per heavy atom. The molecule has 1 rings (SSSR count). The number of likely N-dealkylation sites (N-methyl/N-ethyl adjacent to an activating group) is 1. The maximum absolute atomic E-state index is 12.2. The largest absolute Gasteiger partial charge is 0.340 e. The summed E-state index contributed by atoms with van der Waals surface area (Å²) in [6, 6.07) is 0.296. The molecule has 1 unspecified atom stereocenters. The van der Waals surface area contributed by atoms with E-state index in [1.807, 2.05) is 25.8 Å². The van der Waals surface area contributed by atoms with Crippen LogP contribution in [0.2, 0.25) is 0 Å². The van der Waals surface area contributed by atoms with Crippen LogP contribution in [-0.4, -0.2) is 46.4 Å². The van der Waals surface area contributed by atoms with Gasteiger partial charge in [-0.2, -0.15) is 0 Å². The third kappa shape index (κ3) is 2.03. The van der Waals surface area contributed by atoms with Crippen molar-refractivity contribution >= 4 is 5.91 Å². The zero-order chi connectivity index (χ0) is 12.0. The third-order valence-corrected chi connectivity index (χ3v) is 3.44. The second kappa shape index (κ2) is 3.48. The highest BCUT2D eigenvalue weighted by Crippen LogP contribution is 2.31. The van der Waals surface area contributed by atoms with Crippen LogP contribution in [0.15, 0.2) is 0 Å². The molecule has 88 valence electrons. The van der Waals surface area contributed by atoms with Crippen LogP contribution in [0.4, 0.5) is 0 Å². The summed E-state index contributed by atoms with van der Waals surface area (Å²) < 4.78 is 0. The standard InChI is InChI=1S/C12H24N2O/c1-9-8-14(11(2,3)4)12(5,6)10(15)13(9)7/h9H,8H2,1-7H3. The van der Waals surface area contributed by atoms with Gasteiger partial charge in [0, 0.05) is 25.2 Å². The Morgan fingerprint density at radius 1 is 1.33 bits per heavy atom. The number of nitrogens with zero attached hydrogens (tertiary/aromatic N) is 2. The second-order valence-electron chi connectivity index (χ2n) is 6.11. The van der Waals surface area contributed by atoms with Crippen molar-refractivity contribution in [3.05, 3.63) is 0 Å². The molecule has 0 radical (unpaired) electrons. The van der Waals surface area contributed by atoms with Gasteiger partial charge in [0.25, 0.3) is 0 Å². The summed E-state index contributed by atoms with van der Waals surface area (Å²) in [6.45, 7) is 13.6. The van der Waals surface area contributed by atoms with E-state index in [0.717, 1.165) is 6.54 Å². The molecule has 0 N–H and O–H groups in total. The van der Waals surface area contributed by atoms with Gasteiger partial charge in [-0.15, -0.1) is 0 Å². The van der Waals surface area contributed by atoms with Gasteiger partial charge in [0.1, 0.15) is 0 Å². The molecule has 1 aliphatic heterocycles. The van der Waals surface area contributed by atoms with E-state index in [9.17, 15) is 4.79 Å². The van der Waals surface area contributed by atoms with Crippen molar-refractivity contribution in [1.82, 2.24) is 9.80 Å². The van der Waals surface area contributed by atoms with Crippen molar-refractivity contribution in [2.45, 2.75) is 58.7 Å². The molecular formula is C12H24N2O. The number of hydrogen-bond donors (Lipinski definition) is 0. The lowest BCUT2D eigenvalue weighted by Gasteiger charge is -2.53. The van der Waals surface area contributed by atoms with Gasteiger partial charge in [0.15, 0.2) is 0 Å². The van der Waals surface area contributed by atoms with E-state index in [1.54, 1.807) is 0 Å². The molecule has 0 aromatic rings. The first-order valence-electron chi connectivity index (χ1n) is 5.63. The monoisotopic (exact) mass is 212 g/mol. The molecule has 1 heterocycles. The average Bonchev–Trinajstić information content (AvgIpc) is 2.06. The molecule has 3 heteroatoms. The summed E-state index contributed by atoms with van der Waals surface area (Å²) >= 11 is 0. The molecule has 1 atom stereocenters. The number of rotatable bonds is 0. The molecule has 0 saturated carbocycles. The predicted molar refractivity (Wildman–Crippen MR) is 62.8 cm³/mol.